The number of hydrogen-bond acceptors (Lipinski definition) is 2. The van der Waals surface area contributed by atoms with Crippen molar-refractivity contribution in [1.29, 1.82) is 0 Å². The molecular weight excluding hydrogens is 212 g/mol. The van der Waals surface area contributed by atoms with E-state index in [9.17, 15) is 17.6 Å². The molecule has 0 aliphatic carbocycles. The molecule has 2 N–H and O–H groups in total. The lowest BCUT2D eigenvalue weighted by molar-refractivity contribution is -0.143. The molecule has 0 aromatic carbocycles. The molecule has 0 fully saturated rings. The molecule has 0 spiro atoms. The van der Waals surface area contributed by atoms with Crippen molar-refractivity contribution < 1.29 is 17.6 Å². The number of halogens is 5. The SMILES string of the molecule is Cl.Nc1ccnc(C(F)(F)F)c1F. The predicted octanol–water partition coefficient (Wildman–Crippen LogP) is 2.24. The number of alkyl halides is 3. The molecule has 1 heterocycles. The second-order valence-electron chi connectivity index (χ2n) is 2.06. The summed E-state index contributed by atoms with van der Waals surface area (Å²) in [5, 5.41) is 0. The van der Waals surface area contributed by atoms with Gasteiger partial charge in [-0.05, 0) is 6.07 Å². The van der Waals surface area contributed by atoms with Crippen molar-refractivity contribution in [3.8, 4) is 0 Å². The number of rotatable bonds is 0. The zero-order chi connectivity index (χ0) is 9.35. The molecule has 1 aromatic heterocycles. The third kappa shape index (κ3) is 2.45. The first-order chi connectivity index (χ1) is 5.43. The van der Waals surface area contributed by atoms with Gasteiger partial charge in [-0.3, -0.25) is 0 Å². The summed E-state index contributed by atoms with van der Waals surface area (Å²) in [5.74, 6) is -1.52. The summed E-state index contributed by atoms with van der Waals surface area (Å²) in [4.78, 5) is 2.83. The molecule has 0 radical (unpaired) electrons. The van der Waals surface area contributed by atoms with E-state index in [1.165, 1.54) is 0 Å². The molecule has 0 bridgehead atoms. The molecule has 0 unspecified atom stereocenters. The molecule has 1 aromatic rings. The Morgan fingerprint density at radius 1 is 1.31 bits per heavy atom. The Morgan fingerprint density at radius 3 is 2.23 bits per heavy atom. The van der Waals surface area contributed by atoms with Crippen molar-refractivity contribution in [3.05, 3.63) is 23.8 Å². The smallest absolute Gasteiger partial charge is 0.396 e. The highest BCUT2D eigenvalue weighted by atomic mass is 35.5. The summed E-state index contributed by atoms with van der Waals surface area (Å²) >= 11 is 0. The van der Waals surface area contributed by atoms with Crippen LogP contribution in [-0.4, -0.2) is 4.98 Å². The van der Waals surface area contributed by atoms with Gasteiger partial charge in [0, 0.05) is 6.20 Å². The Balaban J connectivity index is 0.00000144. The summed E-state index contributed by atoms with van der Waals surface area (Å²) in [6, 6.07) is 0.963. The number of nitrogens with zero attached hydrogens (tertiary/aromatic N) is 1. The highest BCUT2D eigenvalue weighted by Gasteiger charge is 2.36. The lowest BCUT2D eigenvalue weighted by Gasteiger charge is -2.06. The van der Waals surface area contributed by atoms with Crippen LogP contribution in [0.3, 0.4) is 0 Å². The van der Waals surface area contributed by atoms with Crippen LogP contribution in [0.5, 0.6) is 0 Å². The van der Waals surface area contributed by atoms with Crippen molar-refractivity contribution in [2.24, 2.45) is 0 Å². The minimum atomic E-state index is -4.79. The van der Waals surface area contributed by atoms with Crippen LogP contribution in [-0.2, 0) is 6.18 Å². The molecule has 0 aliphatic heterocycles. The monoisotopic (exact) mass is 216 g/mol. The first-order valence-corrected chi connectivity index (χ1v) is 2.90. The topological polar surface area (TPSA) is 38.9 Å². The quantitative estimate of drug-likeness (QED) is 0.676. The van der Waals surface area contributed by atoms with Gasteiger partial charge in [0.1, 0.15) is 0 Å². The second-order valence-corrected chi connectivity index (χ2v) is 2.06. The average Bonchev–Trinajstić information content (AvgIpc) is 1.92. The van der Waals surface area contributed by atoms with Crippen LogP contribution in [0.4, 0.5) is 23.2 Å². The maximum absolute atomic E-state index is 12.6. The second kappa shape index (κ2) is 3.78. The molecule has 0 saturated carbocycles. The summed E-state index contributed by atoms with van der Waals surface area (Å²) in [7, 11) is 0. The fraction of sp³-hybridized carbons (Fsp3) is 0.167. The predicted molar refractivity (Wildman–Crippen MR) is 40.9 cm³/mol. The van der Waals surface area contributed by atoms with Crippen molar-refractivity contribution in [1.82, 2.24) is 4.98 Å². The summed E-state index contributed by atoms with van der Waals surface area (Å²) in [6.45, 7) is 0. The third-order valence-corrected chi connectivity index (χ3v) is 1.19. The van der Waals surface area contributed by atoms with Gasteiger partial charge in [-0.25, -0.2) is 9.37 Å². The van der Waals surface area contributed by atoms with E-state index >= 15 is 0 Å². The van der Waals surface area contributed by atoms with Crippen LogP contribution in [0.2, 0.25) is 0 Å². The Hall–Kier alpha value is -1.04. The normalized spacial score (nSPS) is 10.8. The number of anilines is 1. The van der Waals surface area contributed by atoms with E-state index in [-0.39, 0.29) is 12.4 Å². The molecule has 0 amide bonds. The molecule has 74 valence electrons. The average molecular weight is 217 g/mol. The number of pyridine rings is 1. The van der Waals surface area contributed by atoms with Gasteiger partial charge in [-0.2, -0.15) is 13.2 Å². The van der Waals surface area contributed by atoms with Gasteiger partial charge in [-0.15, -0.1) is 12.4 Å². The van der Waals surface area contributed by atoms with Gasteiger partial charge in [0.15, 0.2) is 11.5 Å². The molecule has 0 atom stereocenters. The van der Waals surface area contributed by atoms with Crippen LogP contribution in [0.25, 0.3) is 0 Å². The molecular formula is C6H5ClF4N2. The standard InChI is InChI=1S/C6H4F4N2.ClH/c7-4-3(11)1-2-12-5(4)6(8,9)10;/h1-2H,(H2,11,12);1H. The van der Waals surface area contributed by atoms with E-state index in [1.807, 2.05) is 0 Å². The number of hydrogen-bond donors (Lipinski definition) is 1. The van der Waals surface area contributed by atoms with Crippen molar-refractivity contribution in [2.75, 3.05) is 5.73 Å². The number of aromatic nitrogens is 1. The molecule has 2 nitrogen and oxygen atoms in total. The third-order valence-electron chi connectivity index (χ3n) is 1.19. The summed E-state index contributed by atoms with van der Waals surface area (Å²) in [5.41, 5.74) is 2.76. The largest absolute Gasteiger partial charge is 0.436 e. The Labute approximate surface area is 77.2 Å². The van der Waals surface area contributed by atoms with Crippen molar-refractivity contribution >= 4 is 18.1 Å². The van der Waals surface area contributed by atoms with Crippen LogP contribution in [0.15, 0.2) is 12.3 Å². The van der Waals surface area contributed by atoms with E-state index in [1.54, 1.807) is 0 Å². The van der Waals surface area contributed by atoms with Gasteiger partial charge in [-0.1, -0.05) is 0 Å². The Kier molecular flexibility index (Phi) is 3.48. The highest BCUT2D eigenvalue weighted by molar-refractivity contribution is 5.85. The van der Waals surface area contributed by atoms with E-state index < -0.39 is 23.4 Å². The summed E-state index contributed by atoms with van der Waals surface area (Å²) in [6.07, 6.45) is -3.99. The van der Waals surface area contributed by atoms with Crippen molar-refractivity contribution in [3.63, 3.8) is 0 Å². The summed E-state index contributed by atoms with van der Waals surface area (Å²) < 4.78 is 48.2. The molecule has 0 saturated heterocycles. The molecule has 1 rings (SSSR count). The number of nitrogens with two attached hydrogens (primary N) is 1. The van der Waals surface area contributed by atoms with Crippen LogP contribution in [0.1, 0.15) is 5.69 Å². The van der Waals surface area contributed by atoms with E-state index in [2.05, 4.69) is 4.98 Å². The Bertz CT molecular complexity index is 299. The minimum Gasteiger partial charge on any atom is -0.396 e. The van der Waals surface area contributed by atoms with Gasteiger partial charge in [0.25, 0.3) is 0 Å². The first kappa shape index (κ1) is 12.0. The fourth-order valence-electron chi connectivity index (χ4n) is 0.656. The number of nitrogen functional groups attached to an aromatic ring is 1. The van der Waals surface area contributed by atoms with Gasteiger partial charge >= 0.3 is 6.18 Å². The Morgan fingerprint density at radius 2 is 1.85 bits per heavy atom. The maximum atomic E-state index is 12.6. The zero-order valence-electron chi connectivity index (χ0n) is 6.10. The van der Waals surface area contributed by atoms with Crippen molar-refractivity contribution in [2.45, 2.75) is 6.18 Å². The van der Waals surface area contributed by atoms with Crippen LogP contribution < -0.4 is 5.73 Å². The van der Waals surface area contributed by atoms with E-state index in [4.69, 9.17) is 5.73 Å². The molecule has 0 aliphatic rings. The van der Waals surface area contributed by atoms with E-state index in [0.717, 1.165) is 12.3 Å². The maximum Gasteiger partial charge on any atom is 0.436 e. The highest BCUT2D eigenvalue weighted by Crippen LogP contribution is 2.30. The zero-order valence-corrected chi connectivity index (χ0v) is 6.92. The van der Waals surface area contributed by atoms with Gasteiger partial charge in [0.05, 0.1) is 5.69 Å². The minimum absolute atomic E-state index is 0. The van der Waals surface area contributed by atoms with Gasteiger partial charge < -0.3 is 5.73 Å². The van der Waals surface area contributed by atoms with E-state index in [0.29, 0.717) is 0 Å². The lowest BCUT2D eigenvalue weighted by atomic mass is 10.3. The van der Waals surface area contributed by atoms with Crippen LogP contribution >= 0.6 is 12.4 Å². The van der Waals surface area contributed by atoms with Crippen LogP contribution in [0, 0.1) is 5.82 Å². The molecule has 13 heavy (non-hydrogen) atoms. The van der Waals surface area contributed by atoms with Gasteiger partial charge in [0.2, 0.25) is 0 Å². The first-order valence-electron chi connectivity index (χ1n) is 2.90. The molecule has 7 heteroatoms. The lowest BCUT2D eigenvalue weighted by Crippen LogP contribution is -2.12. The fourth-order valence-corrected chi connectivity index (χ4v) is 0.656.